The highest BCUT2D eigenvalue weighted by Gasteiger charge is 2.33. The molecule has 1 unspecified atom stereocenters. The van der Waals surface area contributed by atoms with Gasteiger partial charge in [0, 0.05) is 12.1 Å². The molecular weight excluding hydrogens is 290 g/mol. The number of rotatable bonds is 8. The Bertz CT molecular complexity index is 592. The SMILES string of the molecule is C=C/C=C(/C(C(=O)CCCC)c1ccccc1)N1CCOC1=O. The number of allylic oxidation sites excluding steroid dienone is 3. The number of unbranched alkanes of at least 4 members (excludes halogenated alkanes) is 1. The first kappa shape index (κ1) is 17.0. The highest BCUT2D eigenvalue weighted by atomic mass is 16.6. The molecule has 1 aliphatic rings. The normalized spacial score (nSPS) is 16.1. The Balaban J connectivity index is 2.41. The van der Waals surface area contributed by atoms with Crippen LogP contribution in [0.4, 0.5) is 4.79 Å². The molecule has 0 saturated carbocycles. The third-order valence-corrected chi connectivity index (χ3v) is 3.89. The van der Waals surface area contributed by atoms with Gasteiger partial charge in [-0.3, -0.25) is 9.69 Å². The number of nitrogens with zero attached hydrogens (tertiary/aromatic N) is 1. The van der Waals surface area contributed by atoms with E-state index in [1.807, 2.05) is 30.3 Å². The third kappa shape index (κ3) is 4.09. The fraction of sp³-hybridized carbons (Fsp3) is 0.368. The predicted octanol–water partition coefficient (Wildman–Crippen LogP) is 4.05. The summed E-state index contributed by atoms with van der Waals surface area (Å²) in [5, 5.41) is 0. The number of Topliss-reactive ketones (excluding diaryl/α,β-unsaturated/α-hetero) is 1. The van der Waals surface area contributed by atoms with Crippen molar-refractivity contribution in [1.82, 2.24) is 4.90 Å². The van der Waals surface area contributed by atoms with Crippen molar-refractivity contribution in [1.29, 1.82) is 0 Å². The first-order chi connectivity index (χ1) is 11.2. The van der Waals surface area contributed by atoms with Crippen LogP contribution in [0.2, 0.25) is 0 Å². The van der Waals surface area contributed by atoms with Crippen LogP contribution in [-0.2, 0) is 9.53 Å². The molecule has 0 N–H and O–H groups in total. The minimum absolute atomic E-state index is 0.117. The summed E-state index contributed by atoms with van der Waals surface area (Å²) in [6.45, 7) is 6.59. The molecule has 0 aromatic heterocycles. The molecular formula is C19H23NO3. The van der Waals surface area contributed by atoms with Gasteiger partial charge in [0.15, 0.2) is 0 Å². The number of carbonyl (C=O) groups is 2. The van der Waals surface area contributed by atoms with Crippen molar-refractivity contribution >= 4 is 11.9 Å². The van der Waals surface area contributed by atoms with Gasteiger partial charge in [-0.2, -0.15) is 0 Å². The number of hydrogen-bond donors (Lipinski definition) is 0. The van der Waals surface area contributed by atoms with Gasteiger partial charge in [0.25, 0.3) is 0 Å². The van der Waals surface area contributed by atoms with Gasteiger partial charge in [0.1, 0.15) is 12.4 Å². The van der Waals surface area contributed by atoms with Crippen molar-refractivity contribution in [2.45, 2.75) is 32.1 Å². The number of benzene rings is 1. The lowest BCUT2D eigenvalue weighted by molar-refractivity contribution is -0.120. The van der Waals surface area contributed by atoms with Crippen molar-refractivity contribution in [3.05, 3.63) is 60.3 Å². The third-order valence-electron chi connectivity index (χ3n) is 3.89. The van der Waals surface area contributed by atoms with Crippen LogP contribution in [0.5, 0.6) is 0 Å². The van der Waals surface area contributed by atoms with Crippen molar-refractivity contribution in [3.8, 4) is 0 Å². The Hall–Kier alpha value is -2.36. The Kier molecular flexibility index (Phi) is 6.15. The van der Waals surface area contributed by atoms with Crippen LogP contribution in [-0.4, -0.2) is 29.9 Å². The molecule has 1 aliphatic heterocycles. The zero-order chi connectivity index (χ0) is 16.7. The smallest absolute Gasteiger partial charge is 0.414 e. The van der Waals surface area contributed by atoms with E-state index in [-0.39, 0.29) is 5.78 Å². The summed E-state index contributed by atoms with van der Waals surface area (Å²) >= 11 is 0. The van der Waals surface area contributed by atoms with Gasteiger partial charge in [-0.05, 0) is 18.1 Å². The molecule has 0 aliphatic carbocycles. The lowest BCUT2D eigenvalue weighted by atomic mass is 9.88. The maximum atomic E-state index is 12.8. The number of ketones is 1. The number of carbonyl (C=O) groups excluding carboxylic acids is 2. The molecule has 1 aromatic carbocycles. The molecule has 4 heteroatoms. The maximum absolute atomic E-state index is 12.8. The second-order valence-corrected chi connectivity index (χ2v) is 5.51. The average Bonchev–Trinajstić information content (AvgIpc) is 2.99. The molecule has 1 fully saturated rings. The zero-order valence-electron chi connectivity index (χ0n) is 13.5. The fourth-order valence-corrected chi connectivity index (χ4v) is 2.75. The minimum Gasteiger partial charge on any atom is -0.447 e. The van der Waals surface area contributed by atoms with Gasteiger partial charge in [0.05, 0.1) is 12.5 Å². The van der Waals surface area contributed by atoms with Gasteiger partial charge < -0.3 is 4.74 Å². The van der Waals surface area contributed by atoms with Crippen molar-refractivity contribution < 1.29 is 14.3 Å². The summed E-state index contributed by atoms with van der Waals surface area (Å²) in [5.74, 6) is -0.350. The number of amides is 1. The first-order valence-corrected chi connectivity index (χ1v) is 8.03. The minimum atomic E-state index is -0.466. The second kappa shape index (κ2) is 8.32. The van der Waals surface area contributed by atoms with E-state index < -0.39 is 12.0 Å². The van der Waals surface area contributed by atoms with Crippen LogP contribution < -0.4 is 0 Å². The van der Waals surface area contributed by atoms with Crippen LogP contribution in [0.3, 0.4) is 0 Å². The highest BCUT2D eigenvalue weighted by Crippen LogP contribution is 2.31. The quantitative estimate of drug-likeness (QED) is 0.680. The molecule has 1 aromatic rings. The monoisotopic (exact) mass is 313 g/mol. The molecule has 1 atom stereocenters. The standard InChI is InChI=1S/C19H23NO3/c1-3-5-12-17(21)18(15-10-7-6-8-11-15)16(9-4-2)20-13-14-23-19(20)22/h4,6-11,18H,2-3,5,12-14H2,1H3/b16-9-. The van der Waals surface area contributed by atoms with Gasteiger partial charge in [0.2, 0.25) is 0 Å². The summed E-state index contributed by atoms with van der Waals surface area (Å²) in [4.78, 5) is 26.4. The molecule has 0 radical (unpaired) electrons. The van der Waals surface area contributed by atoms with E-state index in [2.05, 4.69) is 13.5 Å². The maximum Gasteiger partial charge on any atom is 0.414 e. The van der Waals surface area contributed by atoms with Crippen LogP contribution in [0.15, 0.2) is 54.8 Å². The number of ether oxygens (including phenoxy) is 1. The summed E-state index contributed by atoms with van der Waals surface area (Å²) in [5.41, 5.74) is 1.54. The molecule has 122 valence electrons. The van der Waals surface area contributed by atoms with Crippen molar-refractivity contribution in [2.75, 3.05) is 13.2 Å². The van der Waals surface area contributed by atoms with Gasteiger partial charge in [-0.1, -0.05) is 56.3 Å². The van der Waals surface area contributed by atoms with Crippen LogP contribution in [0, 0.1) is 0 Å². The Morgan fingerprint density at radius 2 is 2.13 bits per heavy atom. The van der Waals surface area contributed by atoms with Gasteiger partial charge in [-0.25, -0.2) is 4.79 Å². The average molecular weight is 313 g/mol. The molecule has 1 heterocycles. The van der Waals surface area contributed by atoms with Gasteiger partial charge >= 0.3 is 6.09 Å². The van der Waals surface area contributed by atoms with E-state index in [0.29, 0.717) is 25.3 Å². The molecule has 23 heavy (non-hydrogen) atoms. The zero-order valence-corrected chi connectivity index (χ0v) is 13.5. The highest BCUT2D eigenvalue weighted by molar-refractivity contribution is 5.90. The molecule has 1 saturated heterocycles. The summed E-state index contributed by atoms with van der Waals surface area (Å²) in [7, 11) is 0. The van der Waals surface area contributed by atoms with E-state index in [0.717, 1.165) is 18.4 Å². The van der Waals surface area contributed by atoms with Crippen LogP contribution in [0.1, 0.15) is 37.7 Å². The van der Waals surface area contributed by atoms with Crippen molar-refractivity contribution in [2.24, 2.45) is 0 Å². The van der Waals surface area contributed by atoms with Crippen LogP contribution >= 0.6 is 0 Å². The Morgan fingerprint density at radius 3 is 2.70 bits per heavy atom. The summed E-state index contributed by atoms with van der Waals surface area (Å²) < 4.78 is 5.04. The molecule has 4 nitrogen and oxygen atoms in total. The lowest BCUT2D eigenvalue weighted by Gasteiger charge is -2.25. The van der Waals surface area contributed by atoms with Gasteiger partial charge in [-0.15, -0.1) is 0 Å². The van der Waals surface area contributed by atoms with E-state index in [1.54, 1.807) is 17.1 Å². The van der Waals surface area contributed by atoms with E-state index in [9.17, 15) is 9.59 Å². The largest absolute Gasteiger partial charge is 0.447 e. The first-order valence-electron chi connectivity index (χ1n) is 8.03. The van der Waals surface area contributed by atoms with Crippen molar-refractivity contribution in [3.63, 3.8) is 0 Å². The number of hydrogen-bond acceptors (Lipinski definition) is 3. The van der Waals surface area contributed by atoms with E-state index in [4.69, 9.17) is 4.74 Å². The topological polar surface area (TPSA) is 46.6 Å². The second-order valence-electron chi connectivity index (χ2n) is 5.51. The Morgan fingerprint density at radius 1 is 1.39 bits per heavy atom. The predicted molar refractivity (Wildman–Crippen MR) is 90.0 cm³/mol. The molecule has 0 bridgehead atoms. The fourth-order valence-electron chi connectivity index (χ4n) is 2.75. The molecule has 2 rings (SSSR count). The number of cyclic esters (lactones) is 1. The lowest BCUT2D eigenvalue weighted by Crippen LogP contribution is -2.30. The summed E-state index contributed by atoms with van der Waals surface area (Å²) in [6, 6.07) is 9.57. The summed E-state index contributed by atoms with van der Waals surface area (Å²) in [6.07, 6.45) is 5.25. The molecule has 0 spiro atoms. The van der Waals surface area contributed by atoms with E-state index in [1.165, 1.54) is 0 Å². The van der Waals surface area contributed by atoms with Crippen LogP contribution in [0.25, 0.3) is 0 Å². The Labute approximate surface area is 137 Å². The molecule has 1 amide bonds. The van der Waals surface area contributed by atoms with E-state index >= 15 is 0 Å².